The highest BCUT2D eigenvalue weighted by Crippen LogP contribution is 2.20. The molecule has 1 rings (SSSR count). The van der Waals surface area contributed by atoms with Gasteiger partial charge in [-0.05, 0) is 37.0 Å². The first-order valence-electron chi connectivity index (χ1n) is 5.86. The molecule has 0 radical (unpaired) electrons. The van der Waals surface area contributed by atoms with Gasteiger partial charge in [-0.15, -0.1) is 0 Å². The molecule has 0 bridgehead atoms. The zero-order chi connectivity index (χ0) is 13.7. The molecule has 0 unspecified atom stereocenters. The molecular weight excluding hydrogens is 244 g/mol. The van der Waals surface area contributed by atoms with E-state index in [1.54, 1.807) is 6.92 Å². The van der Waals surface area contributed by atoms with Crippen LogP contribution in [0.25, 0.3) is 0 Å². The second-order valence-electron chi connectivity index (χ2n) is 4.48. The van der Waals surface area contributed by atoms with Gasteiger partial charge in [-0.25, -0.2) is 0 Å². The molecule has 1 N–H and O–H groups in total. The van der Waals surface area contributed by atoms with E-state index < -0.39 is 0 Å². The predicted molar refractivity (Wildman–Crippen MR) is 79.5 cm³/mol. The third-order valence-corrected chi connectivity index (χ3v) is 2.73. The molecule has 3 nitrogen and oxygen atoms in total. The highest BCUT2D eigenvalue weighted by Gasteiger charge is 2.08. The molecule has 0 atom stereocenters. The van der Waals surface area contributed by atoms with Crippen LogP contribution in [0, 0.1) is 0 Å². The van der Waals surface area contributed by atoms with Crippen LogP contribution in [0.3, 0.4) is 0 Å². The standard InChI is InChI=1S/C14H18N2OS/c1-9(2)14-7-12(5-6-13(14)8-17)10(3)15-16-11(4)18/h5-9H,1-4H3,(H,16,18)/b15-10+. The Morgan fingerprint density at radius 3 is 2.56 bits per heavy atom. The van der Waals surface area contributed by atoms with Crippen molar-refractivity contribution in [3.05, 3.63) is 34.9 Å². The lowest BCUT2D eigenvalue weighted by Gasteiger charge is -2.11. The lowest BCUT2D eigenvalue weighted by atomic mass is 9.94. The van der Waals surface area contributed by atoms with E-state index >= 15 is 0 Å². The first-order chi connectivity index (χ1) is 8.45. The molecule has 1 aromatic carbocycles. The molecule has 0 amide bonds. The molecule has 0 spiro atoms. The monoisotopic (exact) mass is 262 g/mol. The summed E-state index contributed by atoms with van der Waals surface area (Å²) in [7, 11) is 0. The minimum Gasteiger partial charge on any atom is -0.298 e. The Balaban J connectivity index is 3.11. The molecule has 0 aromatic heterocycles. The zero-order valence-corrected chi connectivity index (χ0v) is 12.0. The van der Waals surface area contributed by atoms with E-state index in [1.165, 1.54) is 0 Å². The van der Waals surface area contributed by atoms with Gasteiger partial charge in [-0.1, -0.05) is 38.2 Å². The summed E-state index contributed by atoms with van der Waals surface area (Å²) >= 11 is 4.91. The van der Waals surface area contributed by atoms with Crippen LogP contribution in [0.1, 0.15) is 55.1 Å². The van der Waals surface area contributed by atoms with Gasteiger partial charge in [-0.3, -0.25) is 10.2 Å². The Hall–Kier alpha value is -1.55. The summed E-state index contributed by atoms with van der Waals surface area (Å²) in [5.41, 5.74) is 6.39. The maximum atomic E-state index is 11.0. The van der Waals surface area contributed by atoms with Gasteiger partial charge < -0.3 is 0 Å². The molecule has 96 valence electrons. The summed E-state index contributed by atoms with van der Waals surface area (Å²) in [6.45, 7) is 7.82. The number of carbonyl (C=O) groups is 1. The van der Waals surface area contributed by atoms with Gasteiger partial charge in [0.2, 0.25) is 0 Å². The normalized spacial score (nSPS) is 11.5. The van der Waals surface area contributed by atoms with Crippen LogP contribution >= 0.6 is 12.2 Å². The Labute approximate surface area is 113 Å². The van der Waals surface area contributed by atoms with Crippen molar-refractivity contribution in [1.29, 1.82) is 0 Å². The molecular formula is C14H18N2OS. The van der Waals surface area contributed by atoms with Crippen LogP contribution < -0.4 is 5.43 Å². The van der Waals surface area contributed by atoms with Crippen molar-refractivity contribution in [2.75, 3.05) is 0 Å². The average Bonchev–Trinajstić information content (AvgIpc) is 2.34. The highest BCUT2D eigenvalue weighted by atomic mass is 32.1. The van der Waals surface area contributed by atoms with E-state index in [0.717, 1.165) is 28.7 Å². The largest absolute Gasteiger partial charge is 0.298 e. The van der Waals surface area contributed by atoms with Crippen molar-refractivity contribution in [2.24, 2.45) is 5.10 Å². The first-order valence-corrected chi connectivity index (χ1v) is 6.27. The summed E-state index contributed by atoms with van der Waals surface area (Å²) in [6.07, 6.45) is 0.894. The van der Waals surface area contributed by atoms with Crippen molar-refractivity contribution < 1.29 is 4.79 Å². The van der Waals surface area contributed by atoms with Gasteiger partial charge >= 0.3 is 0 Å². The molecule has 0 aliphatic heterocycles. The first kappa shape index (κ1) is 14.5. The number of aldehydes is 1. The zero-order valence-electron chi connectivity index (χ0n) is 11.2. The third kappa shape index (κ3) is 3.74. The Kier molecular flexibility index (Phi) is 5.16. The fraction of sp³-hybridized carbons (Fsp3) is 0.357. The number of rotatable bonds is 4. The van der Waals surface area contributed by atoms with Gasteiger partial charge in [0, 0.05) is 5.56 Å². The minimum atomic E-state index is 0.304. The molecule has 4 heteroatoms. The van der Waals surface area contributed by atoms with Crippen LogP contribution in [0.4, 0.5) is 0 Å². The summed E-state index contributed by atoms with van der Waals surface area (Å²) in [5, 5.41) is 4.19. The smallest absolute Gasteiger partial charge is 0.150 e. The number of carbonyl (C=O) groups excluding carboxylic acids is 1. The topological polar surface area (TPSA) is 41.5 Å². The van der Waals surface area contributed by atoms with Gasteiger partial charge in [0.05, 0.1) is 10.7 Å². The molecule has 0 saturated heterocycles. The Morgan fingerprint density at radius 1 is 1.39 bits per heavy atom. The van der Waals surface area contributed by atoms with Crippen molar-refractivity contribution in [1.82, 2.24) is 5.43 Å². The second kappa shape index (κ2) is 6.40. The predicted octanol–water partition coefficient (Wildman–Crippen LogP) is 3.28. The van der Waals surface area contributed by atoms with Crippen LogP contribution in [0.2, 0.25) is 0 Å². The lowest BCUT2D eigenvalue weighted by Crippen LogP contribution is -2.13. The van der Waals surface area contributed by atoms with Crippen LogP contribution in [-0.2, 0) is 0 Å². The SMILES string of the molecule is CC(=S)N/N=C(\C)c1ccc(C=O)c(C(C)C)c1. The van der Waals surface area contributed by atoms with Crippen molar-refractivity contribution in [3.8, 4) is 0 Å². The molecule has 0 fully saturated rings. The van der Waals surface area contributed by atoms with E-state index in [1.807, 2.05) is 25.1 Å². The van der Waals surface area contributed by atoms with Crippen molar-refractivity contribution in [3.63, 3.8) is 0 Å². The summed E-state index contributed by atoms with van der Waals surface area (Å²) in [6, 6.07) is 5.74. The van der Waals surface area contributed by atoms with Crippen LogP contribution in [-0.4, -0.2) is 17.0 Å². The fourth-order valence-corrected chi connectivity index (χ4v) is 1.68. The van der Waals surface area contributed by atoms with Gasteiger partial charge in [0.1, 0.15) is 6.29 Å². The van der Waals surface area contributed by atoms with E-state index in [4.69, 9.17) is 12.2 Å². The van der Waals surface area contributed by atoms with Gasteiger partial charge in [-0.2, -0.15) is 5.10 Å². The Morgan fingerprint density at radius 2 is 2.06 bits per heavy atom. The van der Waals surface area contributed by atoms with E-state index in [2.05, 4.69) is 24.4 Å². The van der Waals surface area contributed by atoms with Crippen LogP contribution in [0.15, 0.2) is 23.3 Å². The van der Waals surface area contributed by atoms with Crippen LogP contribution in [0.5, 0.6) is 0 Å². The summed E-state index contributed by atoms with van der Waals surface area (Å²) in [4.78, 5) is 11.6. The number of nitrogens with one attached hydrogen (secondary N) is 1. The second-order valence-corrected chi connectivity index (χ2v) is 5.09. The molecule has 18 heavy (non-hydrogen) atoms. The summed E-state index contributed by atoms with van der Waals surface area (Å²) in [5.74, 6) is 0.304. The Bertz CT molecular complexity index is 493. The number of nitrogens with zero attached hydrogens (tertiary/aromatic N) is 1. The van der Waals surface area contributed by atoms with Crippen molar-refractivity contribution in [2.45, 2.75) is 33.6 Å². The van der Waals surface area contributed by atoms with Crippen molar-refractivity contribution >= 4 is 29.2 Å². The summed E-state index contributed by atoms with van der Waals surface area (Å²) < 4.78 is 0. The van der Waals surface area contributed by atoms with E-state index in [-0.39, 0.29) is 0 Å². The average molecular weight is 262 g/mol. The third-order valence-electron chi connectivity index (χ3n) is 2.63. The molecule has 0 saturated carbocycles. The highest BCUT2D eigenvalue weighted by molar-refractivity contribution is 7.80. The molecule has 1 aromatic rings. The maximum Gasteiger partial charge on any atom is 0.150 e. The lowest BCUT2D eigenvalue weighted by molar-refractivity contribution is 0.112. The molecule has 0 aliphatic carbocycles. The van der Waals surface area contributed by atoms with E-state index in [0.29, 0.717) is 10.9 Å². The minimum absolute atomic E-state index is 0.304. The van der Waals surface area contributed by atoms with Gasteiger partial charge in [0.25, 0.3) is 0 Å². The van der Waals surface area contributed by atoms with E-state index in [9.17, 15) is 4.79 Å². The number of thiocarbonyl (C=S) groups is 1. The number of hydrogen-bond acceptors (Lipinski definition) is 3. The quantitative estimate of drug-likeness (QED) is 0.392. The molecule has 0 aliphatic rings. The number of benzene rings is 1. The number of hydrogen-bond donors (Lipinski definition) is 1. The number of hydrazone groups is 1. The molecule has 0 heterocycles. The maximum absolute atomic E-state index is 11.0. The fourth-order valence-electron chi connectivity index (χ4n) is 1.63. The van der Waals surface area contributed by atoms with Gasteiger partial charge in [0.15, 0.2) is 0 Å².